The summed E-state index contributed by atoms with van der Waals surface area (Å²) in [4.78, 5) is 4.61. The van der Waals surface area contributed by atoms with Gasteiger partial charge in [0.15, 0.2) is 0 Å². The van der Waals surface area contributed by atoms with Gasteiger partial charge >= 0.3 is 0 Å². The number of aliphatic hydroxyl groups is 1. The predicted molar refractivity (Wildman–Crippen MR) is 62.8 cm³/mol. The molecule has 0 spiro atoms. The summed E-state index contributed by atoms with van der Waals surface area (Å²) in [5.41, 5.74) is 5.86. The zero-order valence-corrected chi connectivity index (χ0v) is 10.2. The Balaban J connectivity index is 2.42. The zero-order chi connectivity index (χ0) is 11.4. The van der Waals surface area contributed by atoms with E-state index in [0.717, 1.165) is 13.1 Å². The molecule has 0 saturated carbocycles. The van der Waals surface area contributed by atoms with Crippen LogP contribution in [0, 0.1) is 0 Å². The molecular formula is C11H25N3O. The van der Waals surface area contributed by atoms with Crippen molar-refractivity contribution in [1.82, 2.24) is 9.80 Å². The first-order chi connectivity index (χ1) is 7.06. The average molecular weight is 215 g/mol. The van der Waals surface area contributed by atoms with Crippen LogP contribution < -0.4 is 5.73 Å². The van der Waals surface area contributed by atoms with Crippen LogP contribution in [0.1, 0.15) is 19.8 Å². The predicted octanol–water partition coefficient (Wildman–Crippen LogP) is -0.279. The van der Waals surface area contributed by atoms with E-state index in [2.05, 4.69) is 23.9 Å². The molecule has 1 fully saturated rings. The second-order valence-electron chi connectivity index (χ2n) is 4.84. The Kier molecular flexibility index (Phi) is 4.99. The lowest BCUT2D eigenvalue weighted by Crippen LogP contribution is -2.53. The van der Waals surface area contributed by atoms with E-state index in [0.29, 0.717) is 6.04 Å². The molecule has 15 heavy (non-hydrogen) atoms. The highest BCUT2D eigenvalue weighted by Gasteiger charge is 2.27. The molecule has 1 aliphatic heterocycles. The van der Waals surface area contributed by atoms with Gasteiger partial charge in [0, 0.05) is 31.2 Å². The minimum absolute atomic E-state index is 0.0471. The maximum Gasteiger partial charge on any atom is 0.0601 e. The highest BCUT2D eigenvalue weighted by molar-refractivity contribution is 4.84. The molecule has 0 radical (unpaired) electrons. The van der Waals surface area contributed by atoms with E-state index in [-0.39, 0.29) is 18.7 Å². The number of nitrogens with zero attached hydrogens (tertiary/aromatic N) is 2. The van der Waals surface area contributed by atoms with E-state index >= 15 is 0 Å². The fourth-order valence-electron chi connectivity index (χ4n) is 2.35. The van der Waals surface area contributed by atoms with Crippen molar-refractivity contribution in [2.45, 2.75) is 37.9 Å². The highest BCUT2D eigenvalue weighted by atomic mass is 16.3. The van der Waals surface area contributed by atoms with Gasteiger partial charge in [-0.05, 0) is 33.9 Å². The van der Waals surface area contributed by atoms with Crippen molar-refractivity contribution in [2.24, 2.45) is 5.73 Å². The van der Waals surface area contributed by atoms with E-state index in [4.69, 9.17) is 5.73 Å². The molecule has 1 saturated heterocycles. The number of piperidine rings is 1. The molecule has 3 N–H and O–H groups in total. The minimum atomic E-state index is 0.0471. The first-order valence-corrected chi connectivity index (χ1v) is 5.83. The molecular weight excluding hydrogens is 190 g/mol. The van der Waals surface area contributed by atoms with Crippen LogP contribution in [0.2, 0.25) is 0 Å². The lowest BCUT2D eigenvalue weighted by Gasteiger charge is -2.40. The van der Waals surface area contributed by atoms with Crippen LogP contribution in [0.15, 0.2) is 0 Å². The normalized spacial score (nSPS) is 24.4. The standard InChI is InChI=1S/C11H25N3O/c1-9(12)11(8-15)14-6-4-10(5-7-14)13(2)3/h9-11,15H,4-8,12H2,1-3H3. The van der Waals surface area contributed by atoms with Gasteiger partial charge in [0.25, 0.3) is 0 Å². The second kappa shape index (κ2) is 5.80. The summed E-state index contributed by atoms with van der Waals surface area (Å²) in [6, 6.07) is 0.868. The number of rotatable bonds is 4. The summed E-state index contributed by atoms with van der Waals surface area (Å²) in [5, 5.41) is 9.29. The molecule has 2 unspecified atom stereocenters. The SMILES string of the molecule is CC(N)C(CO)N1CCC(N(C)C)CC1. The zero-order valence-electron chi connectivity index (χ0n) is 10.2. The second-order valence-corrected chi connectivity index (χ2v) is 4.84. The summed E-state index contributed by atoms with van der Waals surface area (Å²) in [6.45, 7) is 4.24. The Bertz CT molecular complexity index is 177. The Morgan fingerprint density at radius 3 is 2.27 bits per heavy atom. The molecule has 0 bridgehead atoms. The average Bonchev–Trinajstić information content (AvgIpc) is 2.19. The molecule has 1 aliphatic rings. The van der Waals surface area contributed by atoms with Crippen LogP contribution in [0.25, 0.3) is 0 Å². The number of hydrogen-bond donors (Lipinski definition) is 2. The molecule has 0 aromatic rings. The number of hydrogen-bond acceptors (Lipinski definition) is 4. The van der Waals surface area contributed by atoms with Crippen molar-refractivity contribution in [2.75, 3.05) is 33.8 Å². The largest absolute Gasteiger partial charge is 0.395 e. The van der Waals surface area contributed by atoms with E-state index in [1.807, 2.05) is 6.92 Å². The first-order valence-electron chi connectivity index (χ1n) is 5.83. The topological polar surface area (TPSA) is 52.7 Å². The van der Waals surface area contributed by atoms with Crippen molar-refractivity contribution in [3.8, 4) is 0 Å². The third-order valence-corrected chi connectivity index (χ3v) is 3.49. The quantitative estimate of drug-likeness (QED) is 0.677. The molecule has 0 aromatic carbocycles. The van der Waals surface area contributed by atoms with E-state index in [1.54, 1.807) is 0 Å². The van der Waals surface area contributed by atoms with Gasteiger partial charge < -0.3 is 15.7 Å². The summed E-state index contributed by atoms with van der Waals surface area (Å²) in [5.74, 6) is 0. The van der Waals surface area contributed by atoms with Crippen LogP contribution in [0.5, 0.6) is 0 Å². The molecule has 90 valence electrons. The molecule has 1 heterocycles. The fraction of sp³-hybridized carbons (Fsp3) is 1.00. The summed E-state index contributed by atoms with van der Waals surface area (Å²) in [6.07, 6.45) is 2.35. The Labute approximate surface area is 93.0 Å². The molecule has 4 nitrogen and oxygen atoms in total. The number of nitrogens with two attached hydrogens (primary N) is 1. The van der Waals surface area contributed by atoms with E-state index in [9.17, 15) is 5.11 Å². The molecule has 1 rings (SSSR count). The van der Waals surface area contributed by atoms with Crippen molar-refractivity contribution < 1.29 is 5.11 Å². The monoisotopic (exact) mass is 215 g/mol. The van der Waals surface area contributed by atoms with Gasteiger partial charge in [-0.3, -0.25) is 4.90 Å². The molecule has 0 aliphatic carbocycles. The molecule has 2 atom stereocenters. The maximum atomic E-state index is 9.29. The fourth-order valence-corrected chi connectivity index (χ4v) is 2.35. The smallest absolute Gasteiger partial charge is 0.0601 e. The molecule has 0 amide bonds. The minimum Gasteiger partial charge on any atom is -0.395 e. The lowest BCUT2D eigenvalue weighted by molar-refractivity contribution is 0.0645. The maximum absolute atomic E-state index is 9.29. The molecule has 0 aromatic heterocycles. The highest BCUT2D eigenvalue weighted by Crippen LogP contribution is 2.17. The van der Waals surface area contributed by atoms with Gasteiger partial charge in [-0.2, -0.15) is 0 Å². The van der Waals surface area contributed by atoms with Crippen LogP contribution in [0.3, 0.4) is 0 Å². The van der Waals surface area contributed by atoms with E-state index in [1.165, 1.54) is 12.8 Å². The van der Waals surface area contributed by atoms with Gasteiger partial charge in [-0.1, -0.05) is 0 Å². The Hall–Kier alpha value is -0.160. The van der Waals surface area contributed by atoms with Gasteiger partial charge in [0.05, 0.1) is 6.61 Å². The number of likely N-dealkylation sites (tertiary alicyclic amines) is 1. The Morgan fingerprint density at radius 2 is 1.93 bits per heavy atom. The number of aliphatic hydroxyl groups excluding tert-OH is 1. The first kappa shape index (κ1) is 12.9. The van der Waals surface area contributed by atoms with Crippen LogP contribution in [0.4, 0.5) is 0 Å². The van der Waals surface area contributed by atoms with Crippen LogP contribution >= 0.6 is 0 Å². The summed E-state index contributed by atoms with van der Waals surface area (Å²) in [7, 11) is 4.27. The third-order valence-electron chi connectivity index (χ3n) is 3.49. The van der Waals surface area contributed by atoms with Crippen molar-refractivity contribution >= 4 is 0 Å². The third kappa shape index (κ3) is 3.41. The summed E-state index contributed by atoms with van der Waals surface area (Å²) < 4.78 is 0. The van der Waals surface area contributed by atoms with Crippen LogP contribution in [-0.4, -0.2) is 66.8 Å². The van der Waals surface area contributed by atoms with Crippen LogP contribution in [-0.2, 0) is 0 Å². The molecule has 4 heteroatoms. The van der Waals surface area contributed by atoms with Gasteiger partial charge in [-0.15, -0.1) is 0 Å². The van der Waals surface area contributed by atoms with Crippen molar-refractivity contribution in [3.05, 3.63) is 0 Å². The lowest BCUT2D eigenvalue weighted by atomic mass is 10.0. The summed E-state index contributed by atoms with van der Waals surface area (Å²) >= 11 is 0. The van der Waals surface area contributed by atoms with Crippen molar-refractivity contribution in [1.29, 1.82) is 0 Å². The Morgan fingerprint density at radius 1 is 1.40 bits per heavy atom. The van der Waals surface area contributed by atoms with Gasteiger partial charge in [0.1, 0.15) is 0 Å². The van der Waals surface area contributed by atoms with Gasteiger partial charge in [-0.25, -0.2) is 0 Å². The van der Waals surface area contributed by atoms with Gasteiger partial charge in [0.2, 0.25) is 0 Å². The van der Waals surface area contributed by atoms with E-state index < -0.39 is 0 Å². The van der Waals surface area contributed by atoms with Crippen molar-refractivity contribution in [3.63, 3.8) is 0 Å².